The Morgan fingerprint density at radius 3 is 2.38 bits per heavy atom. The van der Waals surface area contributed by atoms with Crippen molar-refractivity contribution in [3.05, 3.63) is 54.3 Å². The molecule has 0 bridgehead atoms. The molecule has 0 radical (unpaired) electrons. The van der Waals surface area contributed by atoms with Crippen molar-refractivity contribution in [2.75, 3.05) is 16.2 Å². The third kappa shape index (κ3) is 3.41. The summed E-state index contributed by atoms with van der Waals surface area (Å²) in [5.74, 6) is -0.735. The number of carbonyl (C=O) groups is 1. The zero-order valence-electron chi connectivity index (χ0n) is 12.9. The van der Waals surface area contributed by atoms with Crippen molar-refractivity contribution >= 4 is 27.3 Å². The molecule has 0 saturated carbocycles. The van der Waals surface area contributed by atoms with E-state index >= 15 is 0 Å². The summed E-state index contributed by atoms with van der Waals surface area (Å²) in [5.41, 5.74) is 1.04. The lowest BCUT2D eigenvalue weighted by molar-refractivity contribution is -0.119. The molecule has 126 valence electrons. The van der Waals surface area contributed by atoms with E-state index in [1.807, 2.05) is 0 Å². The van der Waals surface area contributed by atoms with Gasteiger partial charge in [0.05, 0.1) is 0 Å². The maximum absolute atomic E-state index is 13.7. The second-order valence-electron chi connectivity index (χ2n) is 5.59. The summed E-state index contributed by atoms with van der Waals surface area (Å²) in [6.45, 7) is 0.666. The van der Waals surface area contributed by atoms with E-state index in [0.29, 0.717) is 18.7 Å². The number of amides is 1. The highest BCUT2D eigenvalue weighted by Gasteiger charge is 2.21. The van der Waals surface area contributed by atoms with Crippen molar-refractivity contribution in [1.29, 1.82) is 0 Å². The predicted octanol–water partition coefficient (Wildman–Crippen LogP) is 3.14. The predicted molar refractivity (Wildman–Crippen MR) is 89.9 cm³/mol. The topological polar surface area (TPSA) is 66.5 Å². The molecule has 1 saturated heterocycles. The molecule has 24 heavy (non-hydrogen) atoms. The third-order valence-corrected chi connectivity index (χ3v) is 5.30. The molecule has 2 aromatic carbocycles. The fourth-order valence-corrected chi connectivity index (χ4v) is 3.80. The zero-order chi connectivity index (χ0) is 17.2. The lowest BCUT2D eigenvalue weighted by Crippen LogP contribution is -2.35. The van der Waals surface area contributed by atoms with E-state index in [9.17, 15) is 17.6 Å². The maximum atomic E-state index is 13.7. The van der Waals surface area contributed by atoms with Gasteiger partial charge in [0.1, 0.15) is 10.7 Å². The van der Waals surface area contributed by atoms with E-state index in [4.69, 9.17) is 0 Å². The SMILES string of the molecule is O=C1CCCCN1c1ccc(NS(=O)(=O)c2ccccc2F)cc1. The van der Waals surface area contributed by atoms with Gasteiger partial charge in [-0.15, -0.1) is 0 Å². The Bertz CT molecular complexity index is 850. The molecule has 0 aromatic heterocycles. The van der Waals surface area contributed by atoms with Crippen LogP contribution >= 0.6 is 0 Å². The number of hydrogen-bond acceptors (Lipinski definition) is 3. The van der Waals surface area contributed by atoms with Gasteiger partial charge in [0.15, 0.2) is 0 Å². The van der Waals surface area contributed by atoms with Crippen molar-refractivity contribution in [1.82, 2.24) is 0 Å². The second-order valence-corrected chi connectivity index (χ2v) is 7.24. The molecule has 7 heteroatoms. The van der Waals surface area contributed by atoms with E-state index in [0.717, 1.165) is 24.6 Å². The van der Waals surface area contributed by atoms with E-state index in [2.05, 4.69) is 4.72 Å². The van der Waals surface area contributed by atoms with E-state index < -0.39 is 20.7 Å². The second kappa shape index (κ2) is 6.60. The normalized spacial score (nSPS) is 15.4. The van der Waals surface area contributed by atoms with Gasteiger partial charge < -0.3 is 4.90 Å². The summed E-state index contributed by atoms with van der Waals surface area (Å²) in [7, 11) is -4.00. The van der Waals surface area contributed by atoms with Crippen LogP contribution in [-0.2, 0) is 14.8 Å². The van der Waals surface area contributed by atoms with Crippen LogP contribution in [0.2, 0.25) is 0 Å². The van der Waals surface area contributed by atoms with Gasteiger partial charge in [0.2, 0.25) is 5.91 Å². The highest BCUT2D eigenvalue weighted by molar-refractivity contribution is 7.92. The fraction of sp³-hybridized carbons (Fsp3) is 0.235. The van der Waals surface area contributed by atoms with Gasteiger partial charge in [0.25, 0.3) is 10.0 Å². The van der Waals surface area contributed by atoms with Gasteiger partial charge in [0, 0.05) is 24.3 Å². The molecule has 1 heterocycles. The van der Waals surface area contributed by atoms with Crippen molar-refractivity contribution < 1.29 is 17.6 Å². The Kier molecular flexibility index (Phi) is 4.53. The first-order chi connectivity index (χ1) is 11.5. The van der Waals surface area contributed by atoms with E-state index in [1.54, 1.807) is 29.2 Å². The number of halogens is 1. The Morgan fingerprint density at radius 2 is 1.71 bits per heavy atom. The minimum atomic E-state index is -4.00. The smallest absolute Gasteiger partial charge is 0.264 e. The Hall–Kier alpha value is -2.41. The van der Waals surface area contributed by atoms with E-state index in [1.165, 1.54) is 18.2 Å². The van der Waals surface area contributed by atoms with Crippen LogP contribution < -0.4 is 9.62 Å². The minimum Gasteiger partial charge on any atom is -0.312 e. The molecular weight excluding hydrogens is 331 g/mol. The van der Waals surface area contributed by atoms with Gasteiger partial charge in [-0.25, -0.2) is 12.8 Å². The standard InChI is InChI=1S/C17H17FN2O3S/c18-15-5-1-2-6-16(15)24(22,23)19-13-8-10-14(11-9-13)20-12-4-3-7-17(20)21/h1-2,5-6,8-11,19H,3-4,7,12H2. The molecule has 1 aliphatic rings. The van der Waals surface area contributed by atoms with Crippen LogP contribution in [0.5, 0.6) is 0 Å². The summed E-state index contributed by atoms with van der Waals surface area (Å²) < 4.78 is 40.5. The molecule has 0 aliphatic carbocycles. The number of carbonyl (C=O) groups excluding carboxylic acids is 1. The molecule has 1 aliphatic heterocycles. The number of hydrogen-bond donors (Lipinski definition) is 1. The monoisotopic (exact) mass is 348 g/mol. The molecule has 1 amide bonds. The zero-order valence-corrected chi connectivity index (χ0v) is 13.7. The van der Waals surface area contributed by atoms with Gasteiger partial charge in [-0.1, -0.05) is 12.1 Å². The number of piperidine rings is 1. The molecular formula is C17H17FN2O3S. The first-order valence-electron chi connectivity index (χ1n) is 7.65. The first kappa shape index (κ1) is 16.4. The minimum absolute atomic E-state index is 0.0703. The first-order valence-corrected chi connectivity index (χ1v) is 9.13. The fourth-order valence-electron chi connectivity index (χ4n) is 2.66. The van der Waals surface area contributed by atoms with Crippen molar-refractivity contribution in [2.45, 2.75) is 24.2 Å². The summed E-state index contributed by atoms with van der Waals surface area (Å²) in [6.07, 6.45) is 2.38. The number of benzene rings is 2. The number of nitrogens with zero attached hydrogens (tertiary/aromatic N) is 1. The number of nitrogens with one attached hydrogen (secondary N) is 1. The third-order valence-electron chi connectivity index (χ3n) is 3.88. The van der Waals surface area contributed by atoms with E-state index in [-0.39, 0.29) is 5.91 Å². The molecule has 0 spiro atoms. The van der Waals surface area contributed by atoms with Crippen LogP contribution in [0.25, 0.3) is 0 Å². The Morgan fingerprint density at radius 1 is 1.00 bits per heavy atom. The summed E-state index contributed by atoms with van der Waals surface area (Å²) in [6, 6.07) is 11.7. The lowest BCUT2D eigenvalue weighted by Gasteiger charge is -2.26. The molecule has 2 aromatic rings. The summed E-state index contributed by atoms with van der Waals surface area (Å²) >= 11 is 0. The van der Waals surface area contributed by atoms with Crippen LogP contribution in [0.15, 0.2) is 53.4 Å². The highest BCUT2D eigenvalue weighted by atomic mass is 32.2. The average molecular weight is 348 g/mol. The number of anilines is 2. The van der Waals surface area contributed by atoms with Gasteiger partial charge in [-0.3, -0.25) is 9.52 Å². The quantitative estimate of drug-likeness (QED) is 0.923. The van der Waals surface area contributed by atoms with Crippen LogP contribution in [0, 0.1) is 5.82 Å². The number of sulfonamides is 1. The maximum Gasteiger partial charge on any atom is 0.264 e. The molecule has 0 unspecified atom stereocenters. The van der Waals surface area contributed by atoms with Crippen LogP contribution in [0.3, 0.4) is 0 Å². The molecule has 0 atom stereocenters. The van der Waals surface area contributed by atoms with Crippen LogP contribution in [0.1, 0.15) is 19.3 Å². The summed E-state index contributed by atoms with van der Waals surface area (Å²) in [5, 5.41) is 0. The largest absolute Gasteiger partial charge is 0.312 e. The van der Waals surface area contributed by atoms with Crippen molar-refractivity contribution in [2.24, 2.45) is 0 Å². The molecule has 5 nitrogen and oxygen atoms in total. The van der Waals surface area contributed by atoms with Gasteiger partial charge in [-0.2, -0.15) is 0 Å². The molecule has 3 rings (SSSR count). The molecule has 1 N–H and O–H groups in total. The average Bonchev–Trinajstić information content (AvgIpc) is 2.56. The van der Waals surface area contributed by atoms with Gasteiger partial charge >= 0.3 is 0 Å². The van der Waals surface area contributed by atoms with Gasteiger partial charge in [-0.05, 0) is 49.2 Å². The van der Waals surface area contributed by atoms with Crippen molar-refractivity contribution in [3.63, 3.8) is 0 Å². The Balaban J connectivity index is 1.79. The molecule has 1 fully saturated rings. The lowest BCUT2D eigenvalue weighted by atomic mass is 10.1. The van der Waals surface area contributed by atoms with Crippen molar-refractivity contribution in [3.8, 4) is 0 Å². The van der Waals surface area contributed by atoms with Crippen LogP contribution in [0.4, 0.5) is 15.8 Å². The Labute approximate surface area is 140 Å². The van der Waals surface area contributed by atoms with Crippen LogP contribution in [-0.4, -0.2) is 20.9 Å². The summed E-state index contributed by atoms with van der Waals surface area (Å²) in [4.78, 5) is 13.2. The number of rotatable bonds is 4. The highest BCUT2D eigenvalue weighted by Crippen LogP contribution is 2.24.